The molecular formula is C17H24O10. The summed E-state index contributed by atoms with van der Waals surface area (Å²) >= 11 is 0. The number of ether oxygens (including phenoxy) is 4. The molecule has 1 aliphatic carbocycles. The molecule has 2 heterocycles. The highest BCUT2D eigenvalue weighted by molar-refractivity contribution is 5.89. The summed E-state index contributed by atoms with van der Waals surface area (Å²) in [6, 6.07) is 0. The van der Waals surface area contributed by atoms with Crippen LogP contribution in [-0.4, -0.2) is 88.8 Å². The Morgan fingerprint density at radius 3 is 2.44 bits per heavy atom. The van der Waals surface area contributed by atoms with Crippen molar-refractivity contribution in [3.63, 3.8) is 0 Å². The number of esters is 1. The van der Waals surface area contributed by atoms with Crippen LogP contribution in [-0.2, 0) is 23.7 Å². The maximum absolute atomic E-state index is 12.0. The number of allylic oxidation sites excluding steroid dienone is 1. The molecule has 1 fully saturated rings. The highest BCUT2D eigenvalue weighted by Gasteiger charge is 2.50. The fraction of sp³-hybridized carbons (Fsp3) is 0.706. The number of hydrogen-bond donors (Lipinski definition) is 5. The van der Waals surface area contributed by atoms with E-state index in [2.05, 4.69) is 0 Å². The van der Waals surface area contributed by atoms with Crippen LogP contribution in [0.2, 0.25) is 0 Å². The second-order valence-corrected chi connectivity index (χ2v) is 6.74. The molecule has 0 aromatic heterocycles. The second kappa shape index (κ2) is 8.23. The van der Waals surface area contributed by atoms with Gasteiger partial charge in [0.1, 0.15) is 24.4 Å². The van der Waals surface area contributed by atoms with Crippen LogP contribution in [0, 0.1) is 17.8 Å². The molecule has 27 heavy (non-hydrogen) atoms. The van der Waals surface area contributed by atoms with Crippen molar-refractivity contribution in [1.82, 2.24) is 0 Å². The zero-order valence-corrected chi connectivity index (χ0v) is 14.6. The van der Waals surface area contributed by atoms with Gasteiger partial charge in [-0.25, -0.2) is 4.79 Å². The average Bonchev–Trinajstić information content (AvgIpc) is 3.12. The molecule has 10 nitrogen and oxygen atoms in total. The fourth-order valence-corrected chi connectivity index (χ4v) is 3.70. The highest BCUT2D eigenvalue weighted by Crippen LogP contribution is 2.43. The third kappa shape index (κ3) is 3.61. The molecule has 9 atom stereocenters. The van der Waals surface area contributed by atoms with Crippen LogP contribution >= 0.6 is 0 Å². The van der Waals surface area contributed by atoms with Crippen LogP contribution < -0.4 is 0 Å². The fourth-order valence-electron chi connectivity index (χ4n) is 3.70. The quantitative estimate of drug-likeness (QED) is 0.255. The Morgan fingerprint density at radius 1 is 1.07 bits per heavy atom. The Balaban J connectivity index is 1.80. The van der Waals surface area contributed by atoms with Crippen molar-refractivity contribution in [2.75, 3.05) is 20.3 Å². The molecule has 3 aliphatic rings. The van der Waals surface area contributed by atoms with Crippen molar-refractivity contribution in [2.45, 2.75) is 37.0 Å². The van der Waals surface area contributed by atoms with Crippen molar-refractivity contribution < 1.29 is 49.3 Å². The lowest BCUT2D eigenvalue weighted by atomic mass is 9.82. The van der Waals surface area contributed by atoms with Crippen molar-refractivity contribution in [3.8, 4) is 0 Å². The van der Waals surface area contributed by atoms with E-state index in [-0.39, 0.29) is 18.1 Å². The van der Waals surface area contributed by atoms with Gasteiger partial charge in [-0.05, 0) is 0 Å². The van der Waals surface area contributed by atoms with Crippen LogP contribution in [0.1, 0.15) is 0 Å². The summed E-state index contributed by atoms with van der Waals surface area (Å²) < 4.78 is 21.3. The first-order chi connectivity index (χ1) is 12.9. The van der Waals surface area contributed by atoms with E-state index in [9.17, 15) is 30.3 Å². The molecular weight excluding hydrogens is 364 g/mol. The molecule has 10 heteroatoms. The van der Waals surface area contributed by atoms with Crippen LogP contribution in [0.5, 0.6) is 0 Å². The Bertz CT molecular complexity index is 603. The molecule has 0 bridgehead atoms. The largest absolute Gasteiger partial charge is 0.472 e. The first-order valence-corrected chi connectivity index (χ1v) is 8.61. The minimum absolute atomic E-state index is 0.218. The monoisotopic (exact) mass is 388 g/mol. The van der Waals surface area contributed by atoms with E-state index in [0.29, 0.717) is 0 Å². The molecule has 0 amide bonds. The summed E-state index contributed by atoms with van der Waals surface area (Å²) in [5, 5.41) is 48.8. The summed E-state index contributed by atoms with van der Waals surface area (Å²) in [4.78, 5) is 12.0. The molecule has 0 saturated carbocycles. The molecule has 3 rings (SSSR count). The Kier molecular flexibility index (Phi) is 6.16. The molecule has 0 aromatic rings. The van der Waals surface area contributed by atoms with Gasteiger partial charge in [0.05, 0.1) is 25.6 Å². The van der Waals surface area contributed by atoms with Crippen molar-refractivity contribution in [1.29, 1.82) is 0 Å². The van der Waals surface area contributed by atoms with Gasteiger partial charge in [0.15, 0.2) is 6.29 Å². The zero-order valence-electron chi connectivity index (χ0n) is 14.6. The Hall–Kier alpha value is -1.53. The molecule has 0 radical (unpaired) electrons. The van der Waals surface area contributed by atoms with Crippen LogP contribution in [0.4, 0.5) is 0 Å². The van der Waals surface area contributed by atoms with Gasteiger partial charge in [0, 0.05) is 24.4 Å². The van der Waals surface area contributed by atoms with E-state index in [0.717, 1.165) is 0 Å². The molecule has 0 unspecified atom stereocenters. The molecule has 152 valence electrons. The predicted octanol–water partition coefficient (Wildman–Crippen LogP) is -2.37. The number of aliphatic hydroxyl groups is 5. The normalized spacial score (nSPS) is 43.6. The van der Waals surface area contributed by atoms with Crippen LogP contribution in [0.3, 0.4) is 0 Å². The topological polar surface area (TPSA) is 155 Å². The SMILES string of the molecule is COC(=O)C1=CO[C@@H](O[C@H]2O[C@@H](CO)[C@H](O)[C@@H](O)[C@@H]2O)[C@@H]2[C@@H](CO)C=C[C@H]12. The zero-order chi connectivity index (χ0) is 19.7. The van der Waals surface area contributed by atoms with E-state index in [4.69, 9.17) is 18.9 Å². The van der Waals surface area contributed by atoms with E-state index >= 15 is 0 Å². The number of methoxy groups -OCH3 is 1. The van der Waals surface area contributed by atoms with Gasteiger partial charge in [-0.15, -0.1) is 0 Å². The first kappa shape index (κ1) is 20.2. The Labute approximate surface area is 155 Å². The van der Waals surface area contributed by atoms with E-state index < -0.39 is 61.4 Å². The minimum atomic E-state index is -1.59. The average molecular weight is 388 g/mol. The summed E-state index contributed by atoms with van der Waals surface area (Å²) in [5.41, 5.74) is 0.267. The molecule has 2 aliphatic heterocycles. The summed E-state index contributed by atoms with van der Waals surface area (Å²) in [6.07, 6.45) is -3.51. The molecule has 1 saturated heterocycles. The number of hydrogen-bond acceptors (Lipinski definition) is 10. The van der Waals surface area contributed by atoms with Gasteiger partial charge in [0.2, 0.25) is 6.29 Å². The summed E-state index contributed by atoms with van der Waals surface area (Å²) in [5.74, 6) is -1.88. The van der Waals surface area contributed by atoms with Gasteiger partial charge >= 0.3 is 5.97 Å². The van der Waals surface area contributed by atoms with Crippen molar-refractivity contribution in [3.05, 3.63) is 24.0 Å². The van der Waals surface area contributed by atoms with Crippen molar-refractivity contribution in [2.24, 2.45) is 17.8 Å². The first-order valence-electron chi connectivity index (χ1n) is 8.61. The van der Waals surface area contributed by atoms with Gasteiger partial charge in [-0.1, -0.05) is 12.2 Å². The minimum Gasteiger partial charge on any atom is -0.472 e. The van der Waals surface area contributed by atoms with Crippen LogP contribution in [0.15, 0.2) is 24.0 Å². The molecule has 5 N–H and O–H groups in total. The third-order valence-corrected chi connectivity index (χ3v) is 5.23. The number of aliphatic hydroxyl groups excluding tert-OH is 5. The lowest BCUT2D eigenvalue weighted by Crippen LogP contribution is -2.60. The maximum atomic E-state index is 12.0. The van der Waals surface area contributed by atoms with E-state index in [1.54, 1.807) is 12.2 Å². The van der Waals surface area contributed by atoms with Crippen LogP contribution in [0.25, 0.3) is 0 Å². The van der Waals surface area contributed by atoms with Gasteiger partial charge in [-0.3, -0.25) is 0 Å². The summed E-state index contributed by atoms with van der Waals surface area (Å²) in [6.45, 7) is -0.806. The number of carbonyl (C=O) groups excluding carboxylic acids is 1. The number of rotatable bonds is 5. The van der Waals surface area contributed by atoms with E-state index in [1.807, 2.05) is 0 Å². The smallest absolute Gasteiger partial charge is 0.337 e. The second-order valence-electron chi connectivity index (χ2n) is 6.74. The lowest BCUT2D eigenvalue weighted by molar-refractivity contribution is -0.342. The van der Waals surface area contributed by atoms with Gasteiger partial charge in [0.25, 0.3) is 0 Å². The molecule has 0 aromatic carbocycles. The van der Waals surface area contributed by atoms with Crippen molar-refractivity contribution >= 4 is 5.97 Å². The van der Waals surface area contributed by atoms with E-state index in [1.165, 1.54) is 13.4 Å². The maximum Gasteiger partial charge on any atom is 0.337 e. The highest BCUT2D eigenvalue weighted by atomic mass is 16.8. The predicted molar refractivity (Wildman–Crippen MR) is 86.5 cm³/mol. The Morgan fingerprint density at radius 2 is 1.81 bits per heavy atom. The third-order valence-electron chi connectivity index (χ3n) is 5.23. The van der Waals surface area contributed by atoms with Gasteiger partial charge < -0.3 is 44.5 Å². The summed E-state index contributed by atoms with van der Waals surface area (Å²) in [7, 11) is 1.25. The number of fused-ring (bicyclic) bond motifs is 1. The lowest BCUT2D eigenvalue weighted by Gasteiger charge is -2.43. The molecule has 0 spiro atoms. The standard InChI is InChI=1S/C17H24O10/c1-24-15(23)9-6-25-16(11-7(4-18)2-3-8(9)11)27-17-14(22)13(21)12(20)10(5-19)26-17/h2-3,6-8,10-14,16-22H,4-5H2,1H3/t7-,8-,10+,11-,12+,13-,14+,16+,17-/m1/s1. The number of carbonyl (C=O) groups is 1. The van der Waals surface area contributed by atoms with Gasteiger partial charge in [-0.2, -0.15) is 0 Å².